The van der Waals surface area contributed by atoms with Crippen molar-refractivity contribution in [2.75, 3.05) is 12.4 Å². The van der Waals surface area contributed by atoms with E-state index < -0.39 is 17.8 Å². The minimum absolute atomic E-state index is 0.0519. The lowest BCUT2D eigenvalue weighted by atomic mass is 10.2. The number of methoxy groups -OCH3 is 1. The van der Waals surface area contributed by atoms with Gasteiger partial charge in [0.05, 0.1) is 12.8 Å². The lowest BCUT2D eigenvalue weighted by Crippen LogP contribution is -2.28. The lowest BCUT2D eigenvalue weighted by molar-refractivity contribution is 0.0690. The van der Waals surface area contributed by atoms with Crippen molar-refractivity contribution >= 4 is 29.3 Å². The Morgan fingerprint density at radius 1 is 1.16 bits per heavy atom. The van der Waals surface area contributed by atoms with Crippen molar-refractivity contribution in [3.05, 3.63) is 76.3 Å². The van der Waals surface area contributed by atoms with Gasteiger partial charge in [-0.1, -0.05) is 17.7 Å². The zero-order chi connectivity index (χ0) is 23.3. The van der Waals surface area contributed by atoms with Crippen molar-refractivity contribution in [1.82, 2.24) is 10.3 Å². The van der Waals surface area contributed by atoms with Crippen molar-refractivity contribution in [2.45, 2.75) is 13.5 Å². The first-order valence-corrected chi connectivity index (χ1v) is 9.69. The van der Waals surface area contributed by atoms with Gasteiger partial charge in [0.15, 0.2) is 17.3 Å². The summed E-state index contributed by atoms with van der Waals surface area (Å²) in [6.07, 6.45) is 1.25. The molecule has 0 aliphatic carbocycles. The van der Waals surface area contributed by atoms with Crippen molar-refractivity contribution in [3.8, 4) is 17.2 Å². The number of pyridine rings is 1. The van der Waals surface area contributed by atoms with Gasteiger partial charge in [-0.2, -0.15) is 0 Å². The predicted molar refractivity (Wildman–Crippen MR) is 116 cm³/mol. The number of rotatable bonds is 7. The topological polar surface area (TPSA) is 110 Å². The number of amides is 2. The first-order valence-electron chi connectivity index (χ1n) is 9.31. The standard InChI is InChI=1S/C22H19ClFN3O5/c1-12-7-17(20(31-2)10-15(12)23)27-22(30)26-11-13-3-4-19(16(24)8-13)32-14-5-6-25-18(9-14)21(28)29/h3-10H,11H2,1-2H3,(H,28,29)(H2,26,27,30). The molecule has 0 aliphatic rings. The van der Waals surface area contributed by atoms with E-state index in [1.165, 1.54) is 37.6 Å². The van der Waals surface area contributed by atoms with E-state index in [2.05, 4.69) is 15.6 Å². The summed E-state index contributed by atoms with van der Waals surface area (Å²) in [4.78, 5) is 26.9. The summed E-state index contributed by atoms with van der Waals surface area (Å²) in [5, 5.41) is 14.8. The molecular formula is C22H19ClFN3O5. The quantitative estimate of drug-likeness (QED) is 0.458. The van der Waals surface area contributed by atoms with Crippen LogP contribution in [0.5, 0.6) is 17.2 Å². The van der Waals surface area contributed by atoms with Crippen LogP contribution in [0.25, 0.3) is 0 Å². The number of halogens is 2. The van der Waals surface area contributed by atoms with Gasteiger partial charge in [0, 0.05) is 29.9 Å². The van der Waals surface area contributed by atoms with Crippen molar-refractivity contribution in [3.63, 3.8) is 0 Å². The number of ether oxygens (including phenoxy) is 2. The molecule has 0 fully saturated rings. The highest BCUT2D eigenvalue weighted by molar-refractivity contribution is 6.31. The van der Waals surface area contributed by atoms with Crippen LogP contribution in [0.3, 0.4) is 0 Å². The van der Waals surface area contributed by atoms with E-state index in [0.29, 0.717) is 22.0 Å². The van der Waals surface area contributed by atoms with E-state index in [9.17, 15) is 14.0 Å². The van der Waals surface area contributed by atoms with Crippen LogP contribution in [-0.4, -0.2) is 29.2 Å². The number of carboxylic acids is 1. The van der Waals surface area contributed by atoms with Crippen molar-refractivity contribution in [2.24, 2.45) is 0 Å². The number of nitrogens with zero attached hydrogens (tertiary/aromatic N) is 1. The van der Waals surface area contributed by atoms with Gasteiger partial charge in [-0.25, -0.2) is 19.0 Å². The highest BCUT2D eigenvalue weighted by Crippen LogP contribution is 2.31. The molecule has 0 saturated carbocycles. The third kappa shape index (κ3) is 5.64. The Labute approximate surface area is 188 Å². The second-order valence-electron chi connectivity index (χ2n) is 6.66. The highest BCUT2D eigenvalue weighted by Gasteiger charge is 2.12. The molecule has 1 aromatic heterocycles. The number of hydrogen-bond donors (Lipinski definition) is 3. The summed E-state index contributed by atoms with van der Waals surface area (Å²) >= 11 is 6.06. The van der Waals surface area contributed by atoms with Gasteiger partial charge in [-0.3, -0.25) is 0 Å². The second kappa shape index (κ2) is 9.97. The molecule has 10 heteroatoms. The van der Waals surface area contributed by atoms with Crippen LogP contribution in [0.1, 0.15) is 21.6 Å². The zero-order valence-electron chi connectivity index (χ0n) is 17.1. The second-order valence-corrected chi connectivity index (χ2v) is 7.07. The van der Waals surface area contributed by atoms with Crippen LogP contribution < -0.4 is 20.1 Å². The Morgan fingerprint density at radius 3 is 2.62 bits per heavy atom. The lowest BCUT2D eigenvalue weighted by Gasteiger charge is -2.13. The number of urea groups is 1. The van der Waals surface area contributed by atoms with Gasteiger partial charge >= 0.3 is 12.0 Å². The number of carbonyl (C=O) groups excluding carboxylic acids is 1. The fourth-order valence-electron chi connectivity index (χ4n) is 2.73. The molecule has 0 bridgehead atoms. The first kappa shape index (κ1) is 22.8. The summed E-state index contributed by atoms with van der Waals surface area (Å²) in [6.45, 7) is 1.85. The van der Waals surface area contributed by atoms with Gasteiger partial charge < -0.3 is 25.2 Å². The number of aryl methyl sites for hydroxylation is 1. The van der Waals surface area contributed by atoms with E-state index in [-0.39, 0.29) is 23.7 Å². The van der Waals surface area contributed by atoms with Gasteiger partial charge in [0.2, 0.25) is 0 Å². The molecule has 0 aliphatic heterocycles. The molecule has 0 atom stereocenters. The normalized spacial score (nSPS) is 10.4. The number of aromatic nitrogens is 1. The molecule has 0 saturated heterocycles. The number of anilines is 1. The summed E-state index contributed by atoms with van der Waals surface area (Å²) < 4.78 is 25.1. The Kier molecular flexibility index (Phi) is 7.11. The summed E-state index contributed by atoms with van der Waals surface area (Å²) in [5.41, 5.74) is 1.48. The van der Waals surface area contributed by atoms with Crippen LogP contribution >= 0.6 is 11.6 Å². The fourth-order valence-corrected chi connectivity index (χ4v) is 2.89. The summed E-state index contributed by atoms with van der Waals surface area (Å²) in [6, 6.07) is 9.55. The van der Waals surface area contributed by atoms with Crippen LogP contribution in [-0.2, 0) is 6.54 Å². The number of carbonyl (C=O) groups is 2. The number of aromatic carboxylic acids is 1. The Bertz CT molecular complexity index is 1170. The number of hydrogen-bond acceptors (Lipinski definition) is 5. The van der Waals surface area contributed by atoms with Crippen LogP contribution in [0.4, 0.5) is 14.9 Å². The molecule has 1 heterocycles. The Morgan fingerprint density at radius 2 is 1.94 bits per heavy atom. The minimum atomic E-state index is -1.22. The van der Waals surface area contributed by atoms with E-state index in [4.69, 9.17) is 26.2 Å². The molecule has 3 rings (SSSR count). The van der Waals surface area contributed by atoms with E-state index >= 15 is 0 Å². The van der Waals surface area contributed by atoms with Gasteiger partial charge in [-0.05, 0) is 42.3 Å². The minimum Gasteiger partial charge on any atom is -0.495 e. The third-order valence-corrected chi connectivity index (χ3v) is 4.76. The Balaban J connectivity index is 1.62. The molecule has 0 spiro atoms. The average molecular weight is 460 g/mol. The molecule has 166 valence electrons. The van der Waals surface area contributed by atoms with E-state index in [0.717, 1.165) is 5.56 Å². The van der Waals surface area contributed by atoms with Crippen molar-refractivity contribution < 1.29 is 28.6 Å². The predicted octanol–water partition coefficient (Wildman–Crippen LogP) is 5.00. The highest BCUT2D eigenvalue weighted by atomic mass is 35.5. The molecule has 0 radical (unpaired) electrons. The average Bonchev–Trinajstić information content (AvgIpc) is 2.76. The maximum Gasteiger partial charge on any atom is 0.354 e. The van der Waals surface area contributed by atoms with Crippen LogP contribution in [0.2, 0.25) is 5.02 Å². The van der Waals surface area contributed by atoms with Gasteiger partial charge in [-0.15, -0.1) is 0 Å². The molecule has 3 aromatic rings. The molecule has 32 heavy (non-hydrogen) atoms. The largest absolute Gasteiger partial charge is 0.495 e. The molecule has 0 unspecified atom stereocenters. The van der Waals surface area contributed by atoms with E-state index in [1.807, 2.05) is 0 Å². The number of nitrogens with one attached hydrogen (secondary N) is 2. The zero-order valence-corrected chi connectivity index (χ0v) is 17.9. The number of carboxylic acid groups (broad SMARTS) is 1. The monoisotopic (exact) mass is 459 g/mol. The fraction of sp³-hybridized carbons (Fsp3) is 0.136. The van der Waals surface area contributed by atoms with Gasteiger partial charge in [0.1, 0.15) is 11.5 Å². The van der Waals surface area contributed by atoms with Crippen molar-refractivity contribution in [1.29, 1.82) is 0 Å². The van der Waals surface area contributed by atoms with Crippen LogP contribution in [0.15, 0.2) is 48.7 Å². The summed E-state index contributed by atoms with van der Waals surface area (Å²) in [5.74, 6) is -1.45. The smallest absolute Gasteiger partial charge is 0.354 e. The van der Waals surface area contributed by atoms with Gasteiger partial charge in [0.25, 0.3) is 0 Å². The summed E-state index contributed by atoms with van der Waals surface area (Å²) in [7, 11) is 1.46. The third-order valence-electron chi connectivity index (χ3n) is 4.36. The maximum atomic E-state index is 14.4. The molecule has 8 nitrogen and oxygen atoms in total. The molecule has 2 amide bonds. The Hall–Kier alpha value is -3.85. The number of benzene rings is 2. The van der Waals surface area contributed by atoms with Crippen LogP contribution in [0, 0.1) is 12.7 Å². The molecule has 3 N–H and O–H groups in total. The van der Waals surface area contributed by atoms with E-state index in [1.54, 1.807) is 25.1 Å². The molecule has 2 aromatic carbocycles. The maximum absolute atomic E-state index is 14.4. The molecular weight excluding hydrogens is 441 g/mol. The first-order chi connectivity index (χ1) is 15.3. The SMILES string of the molecule is COc1cc(Cl)c(C)cc1NC(=O)NCc1ccc(Oc2ccnc(C(=O)O)c2)c(F)c1.